The number of fused-ring (bicyclic) bond motifs is 6. The van der Waals surface area contributed by atoms with Crippen molar-refractivity contribution in [1.82, 2.24) is 14.5 Å². The normalized spacial score (nSPS) is 15.0. The highest BCUT2D eigenvalue weighted by molar-refractivity contribution is 6.11. The molecule has 3 aromatic heterocycles. The summed E-state index contributed by atoms with van der Waals surface area (Å²) in [4.78, 5) is 9.87. The van der Waals surface area contributed by atoms with E-state index in [4.69, 9.17) is 26.7 Å². The third-order valence-corrected chi connectivity index (χ3v) is 8.79. The van der Waals surface area contributed by atoms with Crippen LogP contribution < -0.4 is 0 Å². The molecule has 0 atom stereocenters. The minimum atomic E-state index is -0.716. The maximum Gasteiger partial charge on any atom is 0.160 e. The predicted molar refractivity (Wildman–Crippen MR) is 205 cm³/mol. The summed E-state index contributed by atoms with van der Waals surface area (Å²) in [6.45, 7) is 0. The SMILES string of the molecule is [2H]c1c([2H])c([2H])c(-n2c3c([2H])c([2H])c([2H])c([2H])c3c3c([2H])c(-c4nc(-c5ccc(-c6ccccc6)cc5)cc(-c5cccc6c5oc5ccccc56)n4)c([2H])c([2H])c32)c([2H])c1[2H]. The van der Waals surface area contributed by atoms with Crippen molar-refractivity contribution >= 4 is 43.7 Å². The maximum atomic E-state index is 9.80. The average Bonchev–Trinajstić information content (AvgIpc) is 3.86. The first-order valence-electron chi connectivity index (χ1n) is 21.9. The Hall–Kier alpha value is -6.78. The first-order valence-corrected chi connectivity index (χ1v) is 15.9. The van der Waals surface area contributed by atoms with Crippen LogP contribution in [0.3, 0.4) is 0 Å². The molecule has 3 heterocycles. The average molecular weight is 652 g/mol. The van der Waals surface area contributed by atoms with Gasteiger partial charge in [-0.3, -0.25) is 0 Å². The quantitative estimate of drug-likeness (QED) is 0.186. The van der Waals surface area contributed by atoms with Gasteiger partial charge < -0.3 is 8.98 Å². The highest BCUT2D eigenvalue weighted by atomic mass is 16.3. The Morgan fingerprint density at radius 3 is 2.08 bits per heavy atom. The Kier molecular flexibility index (Phi) is 4.27. The van der Waals surface area contributed by atoms with E-state index in [0.717, 1.165) is 26.5 Å². The van der Waals surface area contributed by atoms with Crippen molar-refractivity contribution in [2.75, 3.05) is 0 Å². The van der Waals surface area contributed by atoms with Gasteiger partial charge >= 0.3 is 0 Å². The largest absolute Gasteiger partial charge is 0.455 e. The van der Waals surface area contributed by atoms with Gasteiger partial charge in [0.05, 0.1) is 38.9 Å². The molecule has 0 bridgehead atoms. The Morgan fingerprint density at radius 1 is 0.500 bits per heavy atom. The maximum absolute atomic E-state index is 9.80. The molecule has 0 aliphatic heterocycles. The third kappa shape index (κ3) is 4.61. The van der Waals surface area contributed by atoms with Crippen LogP contribution in [0.15, 0.2) is 180 Å². The Morgan fingerprint density at radius 2 is 1.20 bits per heavy atom. The van der Waals surface area contributed by atoms with E-state index >= 15 is 0 Å². The molecule has 234 valence electrons. The van der Waals surface area contributed by atoms with Crippen molar-refractivity contribution in [1.29, 1.82) is 0 Å². The van der Waals surface area contributed by atoms with Crippen molar-refractivity contribution in [3.63, 3.8) is 0 Å². The first-order chi connectivity index (χ1) is 29.8. The number of benzene rings is 7. The second-order valence-electron chi connectivity index (χ2n) is 11.7. The zero-order chi connectivity index (χ0) is 43.5. The van der Waals surface area contributed by atoms with E-state index in [2.05, 4.69) is 0 Å². The summed E-state index contributed by atoms with van der Waals surface area (Å²) in [6, 6.07) is 24.9. The molecule has 0 N–H and O–H groups in total. The monoisotopic (exact) mass is 651 g/mol. The molecule has 7 aromatic carbocycles. The number of para-hydroxylation sites is 4. The highest BCUT2D eigenvalue weighted by Gasteiger charge is 2.18. The molecule has 0 fully saturated rings. The number of hydrogen-bond donors (Lipinski definition) is 0. The summed E-state index contributed by atoms with van der Waals surface area (Å²) in [7, 11) is 0. The van der Waals surface area contributed by atoms with Crippen molar-refractivity contribution in [3.05, 3.63) is 176 Å². The molecule has 0 unspecified atom stereocenters. The summed E-state index contributed by atoms with van der Waals surface area (Å²) < 4.78 is 114. The molecule has 0 aliphatic rings. The number of nitrogens with zero attached hydrogens (tertiary/aromatic N) is 3. The van der Waals surface area contributed by atoms with Crippen LogP contribution in [0.2, 0.25) is 0 Å². The van der Waals surface area contributed by atoms with Crippen LogP contribution in [0.4, 0.5) is 0 Å². The van der Waals surface area contributed by atoms with Crippen LogP contribution in [0.1, 0.15) is 16.4 Å². The van der Waals surface area contributed by atoms with E-state index in [9.17, 15) is 4.11 Å². The van der Waals surface area contributed by atoms with Crippen LogP contribution in [0.5, 0.6) is 0 Å². The van der Waals surface area contributed by atoms with E-state index in [1.807, 2.05) is 97.1 Å². The second-order valence-corrected chi connectivity index (χ2v) is 11.7. The van der Waals surface area contributed by atoms with E-state index in [1.165, 1.54) is 0 Å². The lowest BCUT2D eigenvalue weighted by Crippen LogP contribution is -1.97. The molecule has 0 radical (unpaired) electrons. The van der Waals surface area contributed by atoms with Crippen LogP contribution in [0.25, 0.3) is 94.5 Å². The van der Waals surface area contributed by atoms with Gasteiger partial charge in [0.25, 0.3) is 0 Å². The molecule has 0 aliphatic carbocycles. The Balaban J connectivity index is 1.31. The Bertz CT molecular complexity index is 3520. The summed E-state index contributed by atoms with van der Waals surface area (Å²) in [5, 5.41) is 1.27. The zero-order valence-electron chi connectivity index (χ0n) is 38.1. The topological polar surface area (TPSA) is 43.9 Å². The van der Waals surface area contributed by atoms with Crippen LogP contribution >= 0.6 is 0 Å². The van der Waals surface area contributed by atoms with Gasteiger partial charge in [-0.25, -0.2) is 9.97 Å². The highest BCUT2D eigenvalue weighted by Crippen LogP contribution is 2.38. The molecule has 0 saturated heterocycles. The van der Waals surface area contributed by atoms with Crippen molar-refractivity contribution in [2.24, 2.45) is 0 Å². The lowest BCUT2D eigenvalue weighted by atomic mass is 10.0. The zero-order valence-corrected chi connectivity index (χ0v) is 26.1. The molecular weight excluding hydrogens is 611 g/mol. The van der Waals surface area contributed by atoms with E-state index < -0.39 is 78.2 Å². The standard InChI is InChI=1S/C46H29N3O/c1-3-12-30(13-4-1)31-22-24-32(25-23-31)40-29-41(38-19-11-18-37-36-17-8-10-21-44(36)50-45(37)38)48-46(47-40)33-26-27-43-39(28-33)35-16-7-9-20-42(35)49(43)34-14-5-2-6-15-34/h1-29H/i2D,5D,6D,7D,9D,14D,15D,16D,20D,26D,27D,28D. The summed E-state index contributed by atoms with van der Waals surface area (Å²) in [5.41, 5.74) is 3.83. The van der Waals surface area contributed by atoms with E-state index in [1.54, 1.807) is 6.07 Å². The molecule has 0 amide bonds. The number of furan rings is 1. The molecule has 4 nitrogen and oxygen atoms in total. The lowest BCUT2D eigenvalue weighted by Gasteiger charge is -2.11. The van der Waals surface area contributed by atoms with Crippen LogP contribution in [0, 0.1) is 0 Å². The number of hydrogen-bond acceptors (Lipinski definition) is 3. The van der Waals surface area contributed by atoms with Gasteiger partial charge in [0.15, 0.2) is 5.82 Å². The fourth-order valence-electron chi connectivity index (χ4n) is 6.46. The summed E-state index contributed by atoms with van der Waals surface area (Å²) >= 11 is 0. The summed E-state index contributed by atoms with van der Waals surface area (Å²) in [5.74, 6) is -0.132. The Labute approximate surface area is 305 Å². The number of rotatable bonds is 5. The fourth-order valence-corrected chi connectivity index (χ4v) is 6.46. The summed E-state index contributed by atoms with van der Waals surface area (Å²) in [6.07, 6.45) is 0. The van der Waals surface area contributed by atoms with Crippen molar-refractivity contribution in [3.8, 4) is 50.7 Å². The molecular formula is C46H29N3O. The molecule has 0 saturated carbocycles. The van der Waals surface area contributed by atoms with Crippen molar-refractivity contribution < 1.29 is 20.9 Å². The molecule has 4 heteroatoms. The molecule has 50 heavy (non-hydrogen) atoms. The van der Waals surface area contributed by atoms with Gasteiger partial charge in [-0.1, -0.05) is 121 Å². The molecule has 0 spiro atoms. The van der Waals surface area contributed by atoms with Crippen molar-refractivity contribution in [2.45, 2.75) is 0 Å². The van der Waals surface area contributed by atoms with Crippen LogP contribution in [-0.2, 0) is 0 Å². The van der Waals surface area contributed by atoms with E-state index in [0.29, 0.717) is 33.7 Å². The minimum Gasteiger partial charge on any atom is -0.455 e. The van der Waals surface area contributed by atoms with Gasteiger partial charge in [0, 0.05) is 43.9 Å². The molecule has 10 rings (SSSR count). The number of aromatic nitrogens is 3. The molecule has 10 aromatic rings. The third-order valence-electron chi connectivity index (χ3n) is 8.79. The first kappa shape index (κ1) is 18.7. The second kappa shape index (κ2) is 11.4. The predicted octanol–water partition coefficient (Wildman–Crippen LogP) is 12.1. The fraction of sp³-hybridized carbons (Fsp3) is 0. The minimum absolute atomic E-state index is 0.132. The van der Waals surface area contributed by atoms with Gasteiger partial charge in [-0.15, -0.1) is 0 Å². The van der Waals surface area contributed by atoms with Gasteiger partial charge in [-0.2, -0.15) is 0 Å². The van der Waals surface area contributed by atoms with Crippen LogP contribution in [-0.4, -0.2) is 14.5 Å². The van der Waals surface area contributed by atoms with Gasteiger partial charge in [0.2, 0.25) is 0 Å². The lowest BCUT2D eigenvalue weighted by molar-refractivity contribution is 0.670. The smallest absolute Gasteiger partial charge is 0.160 e. The van der Waals surface area contributed by atoms with E-state index in [-0.39, 0.29) is 33.2 Å². The van der Waals surface area contributed by atoms with Gasteiger partial charge in [-0.05, 0) is 65.6 Å². The van der Waals surface area contributed by atoms with Gasteiger partial charge in [0.1, 0.15) is 11.2 Å².